The third-order valence-corrected chi connectivity index (χ3v) is 2.63. The van der Waals surface area contributed by atoms with E-state index in [4.69, 9.17) is 5.73 Å². The predicted octanol–water partition coefficient (Wildman–Crippen LogP) is 0.625. The number of aryl methyl sites for hydroxylation is 1. The highest BCUT2D eigenvalue weighted by Crippen LogP contribution is 2.27. The minimum absolute atomic E-state index is 0.112. The van der Waals surface area contributed by atoms with E-state index in [0.717, 1.165) is 6.54 Å². The van der Waals surface area contributed by atoms with Crippen molar-refractivity contribution in [1.82, 2.24) is 15.1 Å². The zero-order chi connectivity index (χ0) is 10.8. The smallest absolute Gasteiger partial charge is 0.271 e. The molecule has 5 heteroatoms. The van der Waals surface area contributed by atoms with Gasteiger partial charge < -0.3 is 11.1 Å². The number of aromatic nitrogens is 2. The number of nitrogens with two attached hydrogens (primary N) is 1. The van der Waals surface area contributed by atoms with Gasteiger partial charge in [0.15, 0.2) is 0 Å². The molecule has 1 aromatic rings. The van der Waals surface area contributed by atoms with Crippen molar-refractivity contribution in [1.29, 1.82) is 0 Å². The molecule has 1 saturated carbocycles. The third-order valence-electron chi connectivity index (χ3n) is 2.63. The standard InChI is InChI=1S/C10H16N4O/c1-2-14-9(8(11)6-13-14)10(15)12-5-7-3-4-7/h6-7H,2-5,11H2,1H3,(H,12,15). The Hall–Kier alpha value is -1.52. The lowest BCUT2D eigenvalue weighted by molar-refractivity contribution is 0.0942. The lowest BCUT2D eigenvalue weighted by Gasteiger charge is -2.06. The number of nitrogens with zero attached hydrogens (tertiary/aromatic N) is 2. The number of carbonyl (C=O) groups is 1. The topological polar surface area (TPSA) is 72.9 Å². The first-order valence-electron chi connectivity index (χ1n) is 5.31. The highest BCUT2D eigenvalue weighted by Gasteiger charge is 2.23. The maximum atomic E-state index is 11.8. The van der Waals surface area contributed by atoms with E-state index in [0.29, 0.717) is 23.8 Å². The monoisotopic (exact) mass is 208 g/mol. The number of amides is 1. The number of nitrogens with one attached hydrogen (secondary N) is 1. The zero-order valence-corrected chi connectivity index (χ0v) is 8.86. The summed E-state index contributed by atoms with van der Waals surface area (Å²) in [6, 6.07) is 0. The van der Waals surface area contributed by atoms with Crippen molar-refractivity contribution in [3.8, 4) is 0 Å². The van der Waals surface area contributed by atoms with Crippen molar-refractivity contribution in [3.63, 3.8) is 0 Å². The second kappa shape index (κ2) is 3.92. The molecule has 1 heterocycles. The van der Waals surface area contributed by atoms with Gasteiger partial charge in [-0.3, -0.25) is 9.48 Å². The minimum atomic E-state index is -0.112. The Morgan fingerprint density at radius 1 is 1.73 bits per heavy atom. The molecule has 1 aromatic heterocycles. The second-order valence-electron chi connectivity index (χ2n) is 3.92. The summed E-state index contributed by atoms with van der Waals surface area (Å²) < 4.78 is 1.62. The largest absolute Gasteiger partial charge is 0.396 e. The normalized spacial score (nSPS) is 15.3. The van der Waals surface area contributed by atoms with E-state index in [-0.39, 0.29) is 5.91 Å². The van der Waals surface area contributed by atoms with Crippen LogP contribution >= 0.6 is 0 Å². The lowest BCUT2D eigenvalue weighted by Crippen LogP contribution is -2.28. The molecule has 0 aromatic carbocycles. The van der Waals surface area contributed by atoms with Crippen LogP contribution in [0.15, 0.2) is 6.20 Å². The second-order valence-corrected chi connectivity index (χ2v) is 3.92. The molecular formula is C10H16N4O. The van der Waals surface area contributed by atoms with E-state index < -0.39 is 0 Å². The number of hydrogen-bond donors (Lipinski definition) is 2. The Balaban J connectivity index is 2.05. The van der Waals surface area contributed by atoms with Gasteiger partial charge in [0.2, 0.25) is 0 Å². The summed E-state index contributed by atoms with van der Waals surface area (Å²) in [6.07, 6.45) is 3.97. The summed E-state index contributed by atoms with van der Waals surface area (Å²) in [5.74, 6) is 0.562. The number of carbonyl (C=O) groups excluding carboxylic acids is 1. The lowest BCUT2D eigenvalue weighted by atomic mass is 10.3. The number of hydrogen-bond acceptors (Lipinski definition) is 3. The Kier molecular flexibility index (Phi) is 2.62. The molecule has 2 rings (SSSR count). The van der Waals surface area contributed by atoms with Gasteiger partial charge in [-0.1, -0.05) is 0 Å². The van der Waals surface area contributed by atoms with Crippen LogP contribution in [0.25, 0.3) is 0 Å². The van der Waals surface area contributed by atoms with Gasteiger partial charge in [0, 0.05) is 13.1 Å². The summed E-state index contributed by atoms with van der Waals surface area (Å²) in [5.41, 5.74) is 6.63. The minimum Gasteiger partial charge on any atom is -0.396 e. The summed E-state index contributed by atoms with van der Waals surface area (Å²) in [5, 5.41) is 6.91. The predicted molar refractivity (Wildman–Crippen MR) is 57.4 cm³/mol. The molecular weight excluding hydrogens is 192 g/mol. The van der Waals surface area contributed by atoms with Gasteiger partial charge in [-0.05, 0) is 25.7 Å². The van der Waals surface area contributed by atoms with Crippen LogP contribution in [0.4, 0.5) is 5.69 Å². The first-order chi connectivity index (χ1) is 7.22. The fraction of sp³-hybridized carbons (Fsp3) is 0.600. The highest BCUT2D eigenvalue weighted by atomic mass is 16.2. The van der Waals surface area contributed by atoms with Gasteiger partial charge >= 0.3 is 0 Å². The summed E-state index contributed by atoms with van der Waals surface area (Å²) in [4.78, 5) is 11.8. The van der Waals surface area contributed by atoms with Crippen molar-refractivity contribution < 1.29 is 4.79 Å². The molecule has 3 N–H and O–H groups in total. The van der Waals surface area contributed by atoms with Gasteiger partial charge in [-0.15, -0.1) is 0 Å². The molecule has 0 radical (unpaired) electrons. The van der Waals surface area contributed by atoms with E-state index >= 15 is 0 Å². The number of rotatable bonds is 4. The van der Waals surface area contributed by atoms with Crippen LogP contribution in [0, 0.1) is 5.92 Å². The molecule has 15 heavy (non-hydrogen) atoms. The van der Waals surface area contributed by atoms with Gasteiger partial charge in [-0.2, -0.15) is 5.10 Å². The van der Waals surface area contributed by atoms with E-state index in [1.807, 2.05) is 6.92 Å². The molecule has 5 nitrogen and oxygen atoms in total. The molecule has 1 aliphatic rings. The number of anilines is 1. The van der Waals surface area contributed by atoms with Gasteiger partial charge in [0.1, 0.15) is 5.69 Å². The quantitative estimate of drug-likeness (QED) is 0.762. The van der Waals surface area contributed by atoms with E-state index in [9.17, 15) is 4.79 Å². The first-order valence-corrected chi connectivity index (χ1v) is 5.31. The van der Waals surface area contributed by atoms with Crippen LogP contribution in [0.5, 0.6) is 0 Å². The Morgan fingerprint density at radius 2 is 2.47 bits per heavy atom. The summed E-state index contributed by atoms with van der Waals surface area (Å²) >= 11 is 0. The molecule has 0 bridgehead atoms. The van der Waals surface area contributed by atoms with Gasteiger partial charge in [0.25, 0.3) is 5.91 Å². The fourth-order valence-electron chi connectivity index (χ4n) is 1.53. The van der Waals surface area contributed by atoms with E-state index in [2.05, 4.69) is 10.4 Å². The maximum absolute atomic E-state index is 11.8. The van der Waals surface area contributed by atoms with Crippen molar-refractivity contribution in [2.45, 2.75) is 26.3 Å². The summed E-state index contributed by atoms with van der Waals surface area (Å²) in [7, 11) is 0. The Bertz CT molecular complexity index is 367. The van der Waals surface area contributed by atoms with Crippen molar-refractivity contribution in [3.05, 3.63) is 11.9 Å². The van der Waals surface area contributed by atoms with E-state index in [1.54, 1.807) is 4.68 Å². The highest BCUT2D eigenvalue weighted by molar-refractivity contribution is 5.97. The molecule has 82 valence electrons. The molecule has 0 unspecified atom stereocenters. The van der Waals surface area contributed by atoms with Crippen molar-refractivity contribution in [2.24, 2.45) is 5.92 Å². The Labute approximate surface area is 88.6 Å². The fourth-order valence-corrected chi connectivity index (χ4v) is 1.53. The number of nitrogen functional groups attached to an aromatic ring is 1. The summed E-state index contributed by atoms with van der Waals surface area (Å²) in [6.45, 7) is 3.35. The maximum Gasteiger partial charge on any atom is 0.271 e. The van der Waals surface area contributed by atoms with Crippen LogP contribution in [-0.4, -0.2) is 22.2 Å². The van der Waals surface area contributed by atoms with Crippen LogP contribution in [0.1, 0.15) is 30.3 Å². The van der Waals surface area contributed by atoms with Gasteiger partial charge in [-0.25, -0.2) is 0 Å². The SMILES string of the molecule is CCn1ncc(N)c1C(=O)NCC1CC1. The van der Waals surface area contributed by atoms with Crippen molar-refractivity contribution >= 4 is 11.6 Å². The average Bonchev–Trinajstić information content (AvgIpc) is 2.98. The van der Waals surface area contributed by atoms with Crippen LogP contribution in [-0.2, 0) is 6.54 Å². The molecule has 1 fully saturated rings. The van der Waals surface area contributed by atoms with Crippen molar-refractivity contribution in [2.75, 3.05) is 12.3 Å². The zero-order valence-electron chi connectivity index (χ0n) is 8.86. The molecule has 0 aliphatic heterocycles. The molecule has 1 aliphatic carbocycles. The molecule has 0 saturated heterocycles. The molecule has 1 amide bonds. The first kappa shape index (κ1) is 10.0. The average molecular weight is 208 g/mol. The Morgan fingerprint density at radius 3 is 3.07 bits per heavy atom. The van der Waals surface area contributed by atoms with E-state index in [1.165, 1.54) is 19.0 Å². The van der Waals surface area contributed by atoms with Crippen LogP contribution < -0.4 is 11.1 Å². The third kappa shape index (κ3) is 2.11. The molecule has 0 atom stereocenters. The van der Waals surface area contributed by atoms with Crippen LogP contribution in [0.2, 0.25) is 0 Å². The molecule has 0 spiro atoms. The van der Waals surface area contributed by atoms with Gasteiger partial charge in [0.05, 0.1) is 11.9 Å². The van der Waals surface area contributed by atoms with Crippen LogP contribution in [0.3, 0.4) is 0 Å².